The van der Waals surface area contributed by atoms with E-state index in [0.29, 0.717) is 26.4 Å². The molecule has 0 atom stereocenters. The summed E-state index contributed by atoms with van der Waals surface area (Å²) in [6, 6.07) is 11.6. The van der Waals surface area contributed by atoms with Crippen LogP contribution in [0.25, 0.3) is 22.4 Å². The van der Waals surface area contributed by atoms with Gasteiger partial charge in [-0.15, -0.1) is 5.10 Å². The van der Waals surface area contributed by atoms with Crippen molar-refractivity contribution in [1.29, 1.82) is 0 Å². The second-order valence-corrected chi connectivity index (χ2v) is 6.41. The molecular weight excluding hydrogens is 359 g/mol. The number of halogens is 1. The molecule has 0 aliphatic carbocycles. The molecule has 0 unspecified atom stereocenters. The minimum atomic E-state index is -0.483. The number of benzene rings is 2. The Hall–Kier alpha value is -3.46. The Balaban J connectivity index is 1.74. The van der Waals surface area contributed by atoms with E-state index >= 15 is 0 Å². The molecule has 0 saturated heterocycles. The van der Waals surface area contributed by atoms with E-state index in [4.69, 9.17) is 0 Å². The first-order valence-electron chi connectivity index (χ1n) is 7.43. The van der Waals surface area contributed by atoms with Crippen molar-refractivity contribution < 1.29 is 9.31 Å². The summed E-state index contributed by atoms with van der Waals surface area (Å²) < 4.78 is 14.6. The molecule has 9 heteroatoms. The predicted molar refractivity (Wildman–Crippen MR) is 94.4 cm³/mol. The summed E-state index contributed by atoms with van der Waals surface area (Å²) in [5.74, 6) is -0.0190. The smallest absolute Gasteiger partial charge is 0.266 e. The number of non-ortho nitro benzene ring substituents is 1. The van der Waals surface area contributed by atoms with Crippen LogP contribution in [0.5, 0.6) is 0 Å². The number of aromatic nitrogens is 3. The third-order valence-corrected chi connectivity index (χ3v) is 4.65. The summed E-state index contributed by atoms with van der Waals surface area (Å²) in [5, 5.41) is 14.9. The lowest BCUT2D eigenvalue weighted by Gasteiger charge is -1.93. The van der Waals surface area contributed by atoms with Gasteiger partial charge in [-0.1, -0.05) is 11.3 Å². The van der Waals surface area contributed by atoms with Crippen LogP contribution in [0.3, 0.4) is 0 Å². The molecule has 128 valence electrons. The van der Waals surface area contributed by atoms with Gasteiger partial charge < -0.3 is 0 Å². The van der Waals surface area contributed by atoms with Crippen molar-refractivity contribution in [3.05, 3.63) is 84.9 Å². The van der Waals surface area contributed by atoms with Gasteiger partial charge in [0.2, 0.25) is 4.96 Å². The monoisotopic (exact) mass is 368 g/mol. The highest BCUT2D eigenvalue weighted by molar-refractivity contribution is 7.15. The first-order chi connectivity index (χ1) is 12.5. The predicted octanol–water partition coefficient (Wildman–Crippen LogP) is 2.41. The molecular formula is C17H9FN4O3S. The normalized spacial score (nSPS) is 12.0. The summed E-state index contributed by atoms with van der Waals surface area (Å²) in [6.07, 6.45) is 1.63. The molecule has 2 aromatic heterocycles. The quantitative estimate of drug-likeness (QED) is 0.409. The fraction of sp³-hybridized carbons (Fsp3) is 0. The van der Waals surface area contributed by atoms with Gasteiger partial charge in [0.1, 0.15) is 5.82 Å². The maximum Gasteiger partial charge on any atom is 0.291 e. The van der Waals surface area contributed by atoms with Crippen molar-refractivity contribution in [2.24, 2.45) is 0 Å². The first-order valence-corrected chi connectivity index (χ1v) is 8.24. The number of fused-ring (bicyclic) bond motifs is 1. The van der Waals surface area contributed by atoms with E-state index in [1.54, 1.807) is 30.3 Å². The first kappa shape index (κ1) is 16.0. The molecule has 0 spiro atoms. The Morgan fingerprint density at radius 1 is 1.12 bits per heavy atom. The lowest BCUT2D eigenvalue weighted by molar-refractivity contribution is -0.384. The molecule has 26 heavy (non-hydrogen) atoms. The molecule has 0 amide bonds. The maximum absolute atomic E-state index is 13.0. The highest BCUT2D eigenvalue weighted by atomic mass is 32.1. The average molecular weight is 368 g/mol. The second kappa shape index (κ2) is 6.12. The second-order valence-electron chi connectivity index (χ2n) is 5.40. The molecule has 0 bridgehead atoms. The van der Waals surface area contributed by atoms with Crippen LogP contribution in [-0.2, 0) is 0 Å². The van der Waals surface area contributed by atoms with E-state index in [2.05, 4.69) is 10.1 Å². The largest absolute Gasteiger partial charge is 0.291 e. The summed E-state index contributed by atoms with van der Waals surface area (Å²) in [5.41, 5.74) is 0.929. The van der Waals surface area contributed by atoms with Gasteiger partial charge in [-0.25, -0.2) is 4.39 Å². The average Bonchev–Trinajstić information content (AvgIpc) is 3.16. The third kappa shape index (κ3) is 2.84. The van der Waals surface area contributed by atoms with Crippen LogP contribution in [0.4, 0.5) is 10.1 Å². The van der Waals surface area contributed by atoms with Crippen LogP contribution in [0, 0.1) is 15.9 Å². The van der Waals surface area contributed by atoms with Crippen LogP contribution < -0.4 is 10.1 Å². The zero-order valence-electron chi connectivity index (χ0n) is 13.0. The zero-order valence-corrected chi connectivity index (χ0v) is 13.8. The number of nitro benzene ring substituents is 1. The van der Waals surface area contributed by atoms with Crippen molar-refractivity contribution in [3.63, 3.8) is 0 Å². The van der Waals surface area contributed by atoms with Crippen molar-refractivity contribution in [2.75, 3.05) is 0 Å². The van der Waals surface area contributed by atoms with Crippen LogP contribution in [0.2, 0.25) is 0 Å². The lowest BCUT2D eigenvalue weighted by Crippen LogP contribution is -2.23. The van der Waals surface area contributed by atoms with Gasteiger partial charge in [-0.05, 0) is 48.0 Å². The molecule has 0 aliphatic heterocycles. The van der Waals surface area contributed by atoms with Crippen molar-refractivity contribution in [2.45, 2.75) is 0 Å². The zero-order chi connectivity index (χ0) is 18.3. The number of rotatable bonds is 3. The number of thiazole rings is 1. The SMILES string of the molecule is O=c1/c(=C\c2ccc([N+](=O)[O-])cc2)sc2nc(-c3ccc(F)cc3)nn12. The Kier molecular flexibility index (Phi) is 3.77. The number of hydrogen-bond donors (Lipinski definition) is 0. The number of nitro groups is 1. The van der Waals surface area contributed by atoms with E-state index in [9.17, 15) is 19.3 Å². The molecule has 0 saturated carbocycles. The fourth-order valence-corrected chi connectivity index (χ4v) is 3.31. The topological polar surface area (TPSA) is 90.4 Å². The van der Waals surface area contributed by atoms with Crippen LogP contribution >= 0.6 is 11.3 Å². The van der Waals surface area contributed by atoms with E-state index in [0.717, 1.165) is 11.3 Å². The van der Waals surface area contributed by atoms with Crippen LogP contribution in [0.1, 0.15) is 5.56 Å². The summed E-state index contributed by atoms with van der Waals surface area (Å²) in [4.78, 5) is 27.4. The lowest BCUT2D eigenvalue weighted by atomic mass is 10.2. The van der Waals surface area contributed by atoms with Gasteiger partial charge in [0.05, 0.1) is 9.46 Å². The van der Waals surface area contributed by atoms with E-state index < -0.39 is 4.92 Å². The minimum Gasteiger partial charge on any atom is -0.266 e. The maximum atomic E-state index is 13.0. The molecule has 2 aromatic carbocycles. The molecule has 0 radical (unpaired) electrons. The molecule has 0 N–H and O–H groups in total. The van der Waals surface area contributed by atoms with Crippen molar-refractivity contribution in [1.82, 2.24) is 14.6 Å². The highest BCUT2D eigenvalue weighted by Crippen LogP contribution is 2.17. The van der Waals surface area contributed by atoms with E-state index in [1.807, 2.05) is 0 Å². The molecule has 7 nitrogen and oxygen atoms in total. The minimum absolute atomic E-state index is 0.0175. The Morgan fingerprint density at radius 2 is 1.81 bits per heavy atom. The Labute approximate surface area is 148 Å². The molecule has 2 heterocycles. The standard InChI is InChI=1S/C17H9FN4O3S/c18-12-5-3-11(4-6-12)15-19-17-21(20-15)16(23)14(26-17)9-10-1-7-13(8-2-10)22(24)25/h1-9H/b14-9+. The van der Waals surface area contributed by atoms with E-state index in [1.165, 1.54) is 28.8 Å². The van der Waals surface area contributed by atoms with Gasteiger partial charge in [-0.3, -0.25) is 14.9 Å². The summed E-state index contributed by atoms with van der Waals surface area (Å²) >= 11 is 1.16. The van der Waals surface area contributed by atoms with Crippen LogP contribution in [-0.4, -0.2) is 19.5 Å². The molecule has 4 rings (SSSR count). The summed E-state index contributed by atoms with van der Waals surface area (Å²) in [6.45, 7) is 0. The van der Waals surface area contributed by atoms with E-state index in [-0.39, 0.29) is 17.1 Å². The summed E-state index contributed by atoms with van der Waals surface area (Å²) in [7, 11) is 0. The molecule has 0 aliphatic rings. The van der Waals surface area contributed by atoms with Gasteiger partial charge in [0, 0.05) is 17.7 Å². The van der Waals surface area contributed by atoms with Gasteiger partial charge in [-0.2, -0.15) is 9.50 Å². The number of hydrogen-bond acceptors (Lipinski definition) is 6. The Bertz CT molecular complexity index is 1230. The highest BCUT2D eigenvalue weighted by Gasteiger charge is 2.12. The number of nitrogens with zero attached hydrogens (tertiary/aromatic N) is 4. The van der Waals surface area contributed by atoms with Gasteiger partial charge in [0.25, 0.3) is 11.2 Å². The molecule has 0 fully saturated rings. The fourth-order valence-electron chi connectivity index (χ4n) is 2.40. The van der Waals surface area contributed by atoms with Crippen LogP contribution in [0.15, 0.2) is 53.3 Å². The Morgan fingerprint density at radius 3 is 2.42 bits per heavy atom. The van der Waals surface area contributed by atoms with Gasteiger partial charge in [0.15, 0.2) is 5.82 Å². The van der Waals surface area contributed by atoms with Crippen molar-refractivity contribution in [3.8, 4) is 11.4 Å². The third-order valence-electron chi connectivity index (χ3n) is 3.69. The van der Waals surface area contributed by atoms with Gasteiger partial charge >= 0.3 is 0 Å². The molecule has 4 aromatic rings. The van der Waals surface area contributed by atoms with Crippen molar-refractivity contribution >= 4 is 28.1 Å².